The van der Waals surface area contributed by atoms with Crippen molar-refractivity contribution in [3.63, 3.8) is 0 Å². The van der Waals surface area contributed by atoms with Crippen molar-refractivity contribution in [2.24, 2.45) is 0 Å². The molecule has 7 heteroatoms. The summed E-state index contributed by atoms with van der Waals surface area (Å²) in [5.74, 6) is 0.0746. The quantitative estimate of drug-likeness (QED) is 0.656. The van der Waals surface area contributed by atoms with Crippen molar-refractivity contribution in [1.82, 2.24) is 4.90 Å². The predicted molar refractivity (Wildman–Crippen MR) is 97.0 cm³/mol. The van der Waals surface area contributed by atoms with Crippen LogP contribution in [0.15, 0.2) is 48.5 Å². The van der Waals surface area contributed by atoms with Gasteiger partial charge in [0.15, 0.2) is 0 Å². The van der Waals surface area contributed by atoms with E-state index in [9.17, 15) is 9.59 Å². The van der Waals surface area contributed by atoms with Gasteiger partial charge in [-0.3, -0.25) is 14.5 Å². The Balaban J connectivity index is 1.52. The lowest BCUT2D eigenvalue weighted by Gasteiger charge is -2.15. The molecule has 0 saturated heterocycles. The Morgan fingerprint density at radius 3 is 2.40 bits per heavy atom. The van der Waals surface area contributed by atoms with E-state index in [0.717, 1.165) is 5.69 Å². The summed E-state index contributed by atoms with van der Waals surface area (Å²) in [6.07, 6.45) is 0. The van der Waals surface area contributed by atoms with Gasteiger partial charge in [-0.1, -0.05) is 18.2 Å². The molecule has 0 atom stereocenters. The monoisotopic (exact) mass is 356 g/mol. The second-order valence-electron chi connectivity index (χ2n) is 5.30. The molecular weight excluding hydrogens is 340 g/mol. The summed E-state index contributed by atoms with van der Waals surface area (Å²) in [4.78, 5) is 25.6. The van der Waals surface area contributed by atoms with Crippen LogP contribution in [0.3, 0.4) is 0 Å². The molecular formula is C18H16N2O4S. The number of carbonyl (C=O) groups excluding carboxylic acids is 2. The number of ether oxygens (including phenoxy) is 2. The Kier molecular flexibility index (Phi) is 4.95. The van der Waals surface area contributed by atoms with E-state index in [4.69, 9.17) is 21.7 Å². The summed E-state index contributed by atoms with van der Waals surface area (Å²) in [6, 6.07) is 14.0. The van der Waals surface area contributed by atoms with Crippen LogP contribution in [-0.2, 0) is 4.74 Å². The SMILES string of the molecule is COc1cccc(NC(=S)OCCN2C(=O)c3ccccc3C2=O)c1. The van der Waals surface area contributed by atoms with E-state index in [1.54, 1.807) is 37.4 Å². The zero-order chi connectivity index (χ0) is 17.8. The minimum absolute atomic E-state index is 0.112. The molecule has 1 N–H and O–H groups in total. The van der Waals surface area contributed by atoms with Crippen molar-refractivity contribution < 1.29 is 19.1 Å². The van der Waals surface area contributed by atoms with Crippen LogP contribution in [-0.4, -0.2) is 42.2 Å². The van der Waals surface area contributed by atoms with Crippen LogP contribution in [0.4, 0.5) is 5.69 Å². The van der Waals surface area contributed by atoms with Crippen molar-refractivity contribution in [2.75, 3.05) is 25.6 Å². The molecule has 2 aromatic carbocycles. The highest BCUT2D eigenvalue weighted by atomic mass is 32.1. The lowest BCUT2D eigenvalue weighted by atomic mass is 10.1. The van der Waals surface area contributed by atoms with Crippen molar-refractivity contribution >= 4 is 34.9 Å². The van der Waals surface area contributed by atoms with Gasteiger partial charge in [-0.15, -0.1) is 0 Å². The first-order valence-corrected chi connectivity index (χ1v) is 8.04. The van der Waals surface area contributed by atoms with Crippen LogP contribution in [0.5, 0.6) is 5.75 Å². The summed E-state index contributed by atoms with van der Waals surface area (Å²) >= 11 is 5.12. The van der Waals surface area contributed by atoms with E-state index in [2.05, 4.69) is 5.32 Å². The molecule has 0 fully saturated rings. The normalized spacial score (nSPS) is 12.8. The fraction of sp³-hybridized carbons (Fsp3) is 0.167. The molecule has 0 radical (unpaired) electrons. The molecule has 2 aromatic rings. The molecule has 1 aliphatic rings. The summed E-state index contributed by atoms with van der Waals surface area (Å²) in [5.41, 5.74) is 1.57. The molecule has 1 heterocycles. The number of benzene rings is 2. The van der Waals surface area contributed by atoms with Crippen molar-refractivity contribution in [2.45, 2.75) is 0 Å². The lowest BCUT2D eigenvalue weighted by molar-refractivity contribution is 0.0629. The van der Waals surface area contributed by atoms with E-state index < -0.39 is 0 Å². The zero-order valence-electron chi connectivity index (χ0n) is 13.5. The third-order valence-electron chi connectivity index (χ3n) is 3.74. The number of carbonyl (C=O) groups is 2. The second kappa shape index (κ2) is 7.31. The van der Waals surface area contributed by atoms with Gasteiger partial charge in [-0.25, -0.2) is 0 Å². The number of anilines is 1. The number of amides is 2. The number of thiocarbonyl (C=S) groups is 1. The summed E-state index contributed by atoms with van der Waals surface area (Å²) in [5, 5.41) is 3.08. The van der Waals surface area contributed by atoms with Gasteiger partial charge in [0.2, 0.25) is 0 Å². The smallest absolute Gasteiger partial charge is 0.261 e. The third-order valence-corrected chi connectivity index (χ3v) is 3.96. The first-order chi connectivity index (χ1) is 12.1. The maximum Gasteiger partial charge on any atom is 0.261 e. The molecule has 6 nitrogen and oxygen atoms in total. The summed E-state index contributed by atoms with van der Waals surface area (Å²) in [7, 11) is 1.58. The van der Waals surface area contributed by atoms with E-state index >= 15 is 0 Å². The standard InChI is InChI=1S/C18H16N2O4S/c1-23-13-6-4-5-12(11-13)19-18(25)24-10-9-20-16(21)14-7-2-3-8-15(14)17(20)22/h2-8,11H,9-10H2,1H3,(H,19,25). The van der Waals surface area contributed by atoms with Gasteiger partial charge in [-0.05, 0) is 36.5 Å². The third kappa shape index (κ3) is 3.61. The fourth-order valence-corrected chi connectivity index (χ4v) is 2.73. The Morgan fingerprint density at radius 2 is 1.76 bits per heavy atom. The molecule has 0 saturated carbocycles. The van der Waals surface area contributed by atoms with E-state index in [0.29, 0.717) is 16.9 Å². The van der Waals surface area contributed by atoms with Gasteiger partial charge >= 0.3 is 0 Å². The van der Waals surface area contributed by atoms with Crippen LogP contribution < -0.4 is 10.1 Å². The second-order valence-corrected chi connectivity index (χ2v) is 5.67. The average Bonchev–Trinajstić information content (AvgIpc) is 2.87. The minimum atomic E-state index is -0.309. The molecule has 0 aliphatic carbocycles. The van der Waals surface area contributed by atoms with Crippen LogP contribution in [0, 0.1) is 0 Å². The number of imide groups is 1. The van der Waals surface area contributed by atoms with Crippen molar-refractivity contribution in [3.05, 3.63) is 59.7 Å². The van der Waals surface area contributed by atoms with Gasteiger partial charge in [0, 0.05) is 11.8 Å². The summed E-state index contributed by atoms with van der Waals surface area (Å²) in [6.45, 7) is 0.244. The highest BCUT2D eigenvalue weighted by Gasteiger charge is 2.34. The van der Waals surface area contributed by atoms with Crippen LogP contribution in [0.25, 0.3) is 0 Å². The first-order valence-electron chi connectivity index (χ1n) is 7.63. The average molecular weight is 356 g/mol. The molecule has 2 amide bonds. The minimum Gasteiger partial charge on any atom is -0.497 e. The largest absolute Gasteiger partial charge is 0.497 e. The molecule has 3 rings (SSSR count). The van der Waals surface area contributed by atoms with Crippen LogP contribution in [0.1, 0.15) is 20.7 Å². The molecule has 0 spiro atoms. The van der Waals surface area contributed by atoms with Gasteiger partial charge < -0.3 is 14.8 Å². The summed E-state index contributed by atoms with van der Waals surface area (Å²) < 4.78 is 10.5. The number of hydrogen-bond acceptors (Lipinski definition) is 5. The Hall–Kier alpha value is -2.93. The van der Waals surface area contributed by atoms with Gasteiger partial charge in [0.05, 0.1) is 24.8 Å². The Labute approximate surface area is 150 Å². The predicted octanol–water partition coefficient (Wildman–Crippen LogP) is 2.70. The van der Waals surface area contributed by atoms with Crippen molar-refractivity contribution in [3.8, 4) is 5.75 Å². The van der Waals surface area contributed by atoms with Gasteiger partial charge in [-0.2, -0.15) is 0 Å². The van der Waals surface area contributed by atoms with Crippen LogP contribution in [0.2, 0.25) is 0 Å². The number of nitrogens with zero attached hydrogens (tertiary/aromatic N) is 1. The Morgan fingerprint density at radius 1 is 1.08 bits per heavy atom. The van der Waals surface area contributed by atoms with Gasteiger partial charge in [0.1, 0.15) is 12.4 Å². The maximum absolute atomic E-state index is 12.2. The molecule has 128 valence electrons. The lowest BCUT2D eigenvalue weighted by Crippen LogP contribution is -2.33. The topological polar surface area (TPSA) is 67.9 Å². The van der Waals surface area contributed by atoms with Crippen molar-refractivity contribution in [1.29, 1.82) is 0 Å². The molecule has 0 unspecified atom stereocenters. The zero-order valence-corrected chi connectivity index (χ0v) is 14.3. The van der Waals surface area contributed by atoms with Gasteiger partial charge in [0.25, 0.3) is 17.0 Å². The number of fused-ring (bicyclic) bond motifs is 1. The number of hydrogen-bond donors (Lipinski definition) is 1. The van der Waals surface area contributed by atoms with E-state index in [1.807, 2.05) is 18.2 Å². The number of methoxy groups -OCH3 is 1. The molecule has 0 bridgehead atoms. The molecule has 25 heavy (non-hydrogen) atoms. The highest BCUT2D eigenvalue weighted by molar-refractivity contribution is 7.80. The number of nitrogens with one attached hydrogen (secondary N) is 1. The Bertz CT molecular complexity index is 802. The molecule has 0 aromatic heterocycles. The maximum atomic E-state index is 12.2. The fourth-order valence-electron chi connectivity index (χ4n) is 2.53. The first kappa shape index (κ1) is 16.9. The van der Waals surface area contributed by atoms with Crippen LogP contribution >= 0.6 is 12.2 Å². The molecule has 1 aliphatic heterocycles. The highest BCUT2D eigenvalue weighted by Crippen LogP contribution is 2.22. The number of rotatable bonds is 5. The van der Waals surface area contributed by atoms with E-state index in [-0.39, 0.29) is 30.1 Å². The van der Waals surface area contributed by atoms with E-state index in [1.165, 1.54) is 4.90 Å².